The summed E-state index contributed by atoms with van der Waals surface area (Å²) in [5.41, 5.74) is 4.20. The Bertz CT molecular complexity index is 337. The molecule has 1 atom stereocenters. The van der Waals surface area contributed by atoms with Gasteiger partial charge < -0.3 is 0 Å². The quantitative estimate of drug-likeness (QED) is 0.343. The summed E-state index contributed by atoms with van der Waals surface area (Å²) in [6.45, 7) is 4.47. The normalized spacial score (nSPS) is 14.2. The van der Waals surface area contributed by atoms with Crippen molar-refractivity contribution in [2.45, 2.75) is 77.2 Å². The molecule has 1 aromatic carbocycles. The van der Waals surface area contributed by atoms with Gasteiger partial charge in [0.15, 0.2) is 0 Å². The average Bonchev–Trinajstić information content (AvgIpc) is 2.50. The number of unbranched alkanes of at least 4 members (excludes halogenated alkanes) is 7. The highest BCUT2D eigenvalue weighted by atomic mass is 15.3. The van der Waals surface area contributed by atoms with E-state index in [1.807, 2.05) is 0 Å². The first-order chi connectivity index (χ1) is 9.73. The number of rotatable bonds is 11. The Balaban J connectivity index is 2.22. The first kappa shape index (κ1) is 17.2. The van der Waals surface area contributed by atoms with Gasteiger partial charge in [-0.05, 0) is 18.9 Å². The van der Waals surface area contributed by atoms with E-state index in [1.54, 1.807) is 0 Å². The Hall–Kier alpha value is -0.860. The van der Waals surface area contributed by atoms with Crippen LogP contribution in [0, 0.1) is 0 Å². The van der Waals surface area contributed by atoms with E-state index in [2.05, 4.69) is 49.6 Å². The van der Waals surface area contributed by atoms with Gasteiger partial charge in [0.2, 0.25) is 0 Å². The van der Waals surface area contributed by atoms with Gasteiger partial charge in [0.05, 0.1) is 5.54 Å². The SMILES string of the molecule is CCCCCCCCCCC(C)(NN)c1ccccc1. The molecule has 0 spiro atoms. The molecular weight excluding hydrogens is 244 g/mol. The number of nitrogens with two attached hydrogens (primary N) is 1. The van der Waals surface area contributed by atoms with Gasteiger partial charge >= 0.3 is 0 Å². The van der Waals surface area contributed by atoms with Crippen LogP contribution in [-0.4, -0.2) is 0 Å². The zero-order chi connectivity index (χ0) is 14.7. The molecule has 0 aliphatic carbocycles. The van der Waals surface area contributed by atoms with Crippen LogP contribution in [0.3, 0.4) is 0 Å². The lowest BCUT2D eigenvalue weighted by Gasteiger charge is -2.29. The molecule has 114 valence electrons. The Labute approximate surface area is 125 Å². The molecule has 2 heteroatoms. The topological polar surface area (TPSA) is 38.0 Å². The Morgan fingerprint density at radius 1 is 0.900 bits per heavy atom. The van der Waals surface area contributed by atoms with Gasteiger partial charge in [-0.25, -0.2) is 0 Å². The molecule has 0 radical (unpaired) electrons. The van der Waals surface area contributed by atoms with Crippen molar-refractivity contribution in [3.8, 4) is 0 Å². The maximum atomic E-state index is 5.78. The molecule has 2 nitrogen and oxygen atoms in total. The third-order valence-electron chi connectivity index (χ3n) is 4.26. The molecule has 0 aromatic heterocycles. The zero-order valence-electron chi connectivity index (χ0n) is 13.3. The largest absolute Gasteiger partial charge is 0.271 e. The molecule has 0 saturated heterocycles. The Morgan fingerprint density at radius 3 is 2.00 bits per heavy atom. The Kier molecular flexibility index (Phi) is 8.56. The molecule has 0 heterocycles. The lowest BCUT2D eigenvalue weighted by molar-refractivity contribution is 0.331. The van der Waals surface area contributed by atoms with Crippen molar-refractivity contribution in [1.82, 2.24) is 5.43 Å². The van der Waals surface area contributed by atoms with Crippen LogP contribution < -0.4 is 11.3 Å². The molecule has 0 saturated carbocycles. The predicted octanol–water partition coefficient (Wildman–Crippen LogP) is 4.90. The fourth-order valence-corrected chi connectivity index (χ4v) is 2.72. The van der Waals surface area contributed by atoms with Crippen molar-refractivity contribution in [3.63, 3.8) is 0 Å². The minimum atomic E-state index is -0.0938. The summed E-state index contributed by atoms with van der Waals surface area (Å²) >= 11 is 0. The molecule has 0 bridgehead atoms. The highest BCUT2D eigenvalue weighted by molar-refractivity contribution is 5.23. The maximum Gasteiger partial charge on any atom is 0.0541 e. The van der Waals surface area contributed by atoms with Crippen LogP contribution in [0.1, 0.15) is 77.2 Å². The van der Waals surface area contributed by atoms with E-state index in [4.69, 9.17) is 5.84 Å². The van der Waals surface area contributed by atoms with Crippen LogP contribution in [-0.2, 0) is 5.54 Å². The fraction of sp³-hybridized carbons (Fsp3) is 0.667. The summed E-state index contributed by atoms with van der Waals surface area (Å²) in [5.74, 6) is 5.78. The summed E-state index contributed by atoms with van der Waals surface area (Å²) in [4.78, 5) is 0. The van der Waals surface area contributed by atoms with Crippen molar-refractivity contribution < 1.29 is 0 Å². The van der Waals surface area contributed by atoms with Crippen LogP contribution >= 0.6 is 0 Å². The van der Waals surface area contributed by atoms with Crippen molar-refractivity contribution in [1.29, 1.82) is 0 Å². The average molecular weight is 276 g/mol. The van der Waals surface area contributed by atoms with E-state index in [0.29, 0.717) is 0 Å². The molecule has 0 aliphatic heterocycles. The second-order valence-corrected chi connectivity index (χ2v) is 6.07. The molecule has 1 rings (SSSR count). The maximum absolute atomic E-state index is 5.78. The summed E-state index contributed by atoms with van der Waals surface area (Å²) in [5, 5.41) is 0. The lowest BCUT2D eigenvalue weighted by atomic mass is 9.87. The summed E-state index contributed by atoms with van der Waals surface area (Å²) in [6, 6.07) is 10.5. The van der Waals surface area contributed by atoms with Crippen molar-refractivity contribution in [2.24, 2.45) is 5.84 Å². The van der Waals surface area contributed by atoms with Gasteiger partial charge in [0.1, 0.15) is 0 Å². The highest BCUT2D eigenvalue weighted by Crippen LogP contribution is 2.26. The Morgan fingerprint density at radius 2 is 1.45 bits per heavy atom. The number of hydrogen-bond donors (Lipinski definition) is 2. The smallest absolute Gasteiger partial charge is 0.0541 e. The summed E-state index contributed by atoms with van der Waals surface area (Å²) in [7, 11) is 0. The lowest BCUT2D eigenvalue weighted by Crippen LogP contribution is -2.44. The fourth-order valence-electron chi connectivity index (χ4n) is 2.72. The van der Waals surface area contributed by atoms with Gasteiger partial charge in [-0.15, -0.1) is 0 Å². The van der Waals surface area contributed by atoms with E-state index in [1.165, 1.54) is 56.9 Å². The molecule has 1 unspecified atom stereocenters. The molecule has 0 aliphatic rings. The first-order valence-electron chi connectivity index (χ1n) is 8.26. The van der Waals surface area contributed by atoms with E-state index in [9.17, 15) is 0 Å². The van der Waals surface area contributed by atoms with Crippen LogP contribution in [0.15, 0.2) is 30.3 Å². The second kappa shape index (κ2) is 9.95. The molecular formula is C18H32N2. The first-order valence-corrected chi connectivity index (χ1v) is 8.26. The number of nitrogens with one attached hydrogen (secondary N) is 1. The third-order valence-corrected chi connectivity index (χ3v) is 4.26. The summed E-state index contributed by atoms with van der Waals surface area (Å²) < 4.78 is 0. The number of hydrogen-bond acceptors (Lipinski definition) is 2. The molecule has 0 fully saturated rings. The number of benzene rings is 1. The van der Waals surface area contributed by atoms with E-state index < -0.39 is 0 Å². The van der Waals surface area contributed by atoms with E-state index in [0.717, 1.165) is 6.42 Å². The van der Waals surface area contributed by atoms with Gasteiger partial charge in [-0.1, -0.05) is 88.6 Å². The number of hydrazine groups is 1. The van der Waals surface area contributed by atoms with Crippen LogP contribution in [0.2, 0.25) is 0 Å². The highest BCUT2D eigenvalue weighted by Gasteiger charge is 2.23. The minimum Gasteiger partial charge on any atom is -0.271 e. The zero-order valence-corrected chi connectivity index (χ0v) is 13.3. The van der Waals surface area contributed by atoms with Gasteiger partial charge in [-0.2, -0.15) is 0 Å². The van der Waals surface area contributed by atoms with E-state index in [-0.39, 0.29) is 5.54 Å². The van der Waals surface area contributed by atoms with Gasteiger partial charge in [-0.3, -0.25) is 11.3 Å². The predicted molar refractivity (Wildman–Crippen MR) is 88.3 cm³/mol. The van der Waals surface area contributed by atoms with Crippen LogP contribution in [0.5, 0.6) is 0 Å². The van der Waals surface area contributed by atoms with Crippen LogP contribution in [0.25, 0.3) is 0 Å². The minimum absolute atomic E-state index is 0.0938. The molecule has 0 amide bonds. The van der Waals surface area contributed by atoms with Crippen molar-refractivity contribution in [2.75, 3.05) is 0 Å². The summed E-state index contributed by atoms with van der Waals surface area (Å²) in [6.07, 6.45) is 11.9. The van der Waals surface area contributed by atoms with Gasteiger partial charge in [0.25, 0.3) is 0 Å². The van der Waals surface area contributed by atoms with E-state index >= 15 is 0 Å². The standard InChI is InChI=1S/C18H32N2/c1-3-4-5-6-7-8-9-13-16-18(2,20-19)17-14-11-10-12-15-17/h10-12,14-15,20H,3-9,13,16,19H2,1-2H3. The van der Waals surface area contributed by atoms with Gasteiger partial charge in [0, 0.05) is 0 Å². The molecule has 1 aromatic rings. The van der Waals surface area contributed by atoms with Crippen molar-refractivity contribution in [3.05, 3.63) is 35.9 Å². The van der Waals surface area contributed by atoms with Crippen molar-refractivity contribution >= 4 is 0 Å². The molecule has 20 heavy (non-hydrogen) atoms. The monoisotopic (exact) mass is 276 g/mol. The third kappa shape index (κ3) is 6.06. The second-order valence-electron chi connectivity index (χ2n) is 6.07. The van der Waals surface area contributed by atoms with Crippen LogP contribution in [0.4, 0.5) is 0 Å². The molecule has 3 N–H and O–H groups in total.